The lowest BCUT2D eigenvalue weighted by atomic mass is 10.2. The summed E-state index contributed by atoms with van der Waals surface area (Å²) < 4.78 is 0. The number of carbonyl (C=O) groups is 1. The molecule has 0 spiro atoms. The molecule has 0 saturated carbocycles. The Morgan fingerprint density at radius 3 is 2.55 bits per heavy atom. The van der Waals surface area contributed by atoms with Gasteiger partial charge < -0.3 is 5.32 Å². The molecule has 1 aromatic carbocycles. The number of nitrogens with one attached hydrogen (secondary N) is 1. The first-order valence-corrected chi connectivity index (χ1v) is 7.23. The summed E-state index contributed by atoms with van der Waals surface area (Å²) in [4.78, 5) is 20.7. The lowest BCUT2D eigenvalue weighted by Crippen LogP contribution is -2.14. The van der Waals surface area contributed by atoms with Gasteiger partial charge in [-0.2, -0.15) is 11.3 Å². The molecule has 3 aromatic rings. The van der Waals surface area contributed by atoms with Crippen LogP contribution in [0.15, 0.2) is 35.0 Å². The lowest BCUT2D eigenvalue weighted by Gasteiger charge is -2.07. The maximum absolute atomic E-state index is 12.2. The van der Waals surface area contributed by atoms with E-state index in [0.717, 1.165) is 5.56 Å². The summed E-state index contributed by atoms with van der Waals surface area (Å²) in [6.45, 7) is 1.89. The van der Waals surface area contributed by atoms with Crippen molar-refractivity contribution in [3.63, 3.8) is 0 Å². The number of carbonyl (C=O) groups excluding carboxylic acids is 1. The van der Waals surface area contributed by atoms with Crippen LogP contribution in [-0.2, 0) is 0 Å². The van der Waals surface area contributed by atoms with E-state index in [4.69, 9.17) is 11.6 Å². The molecule has 0 radical (unpaired) electrons. The van der Waals surface area contributed by atoms with Gasteiger partial charge in [0.2, 0.25) is 0 Å². The number of hydrogen-bond donors (Lipinski definition) is 1. The Kier molecular flexibility index (Phi) is 3.38. The normalized spacial score (nSPS) is 10.7. The molecule has 20 heavy (non-hydrogen) atoms. The van der Waals surface area contributed by atoms with Crippen molar-refractivity contribution in [1.82, 2.24) is 9.97 Å². The maximum Gasteiger partial charge on any atom is 0.258 e. The fourth-order valence-electron chi connectivity index (χ4n) is 1.83. The molecule has 0 aliphatic carbocycles. The monoisotopic (exact) mass is 303 g/mol. The van der Waals surface area contributed by atoms with E-state index in [0.29, 0.717) is 16.6 Å². The second-order valence-electron chi connectivity index (χ2n) is 4.27. The highest BCUT2D eigenvalue weighted by Gasteiger charge is 2.14. The summed E-state index contributed by atoms with van der Waals surface area (Å²) in [6.07, 6.45) is 0. The molecule has 1 N–H and O–H groups in total. The zero-order valence-corrected chi connectivity index (χ0v) is 12.1. The first kappa shape index (κ1) is 13.0. The molecule has 0 bridgehead atoms. The molecule has 6 heteroatoms. The fourth-order valence-corrected chi connectivity index (χ4v) is 2.83. The highest BCUT2D eigenvalue weighted by atomic mass is 35.5. The predicted molar refractivity (Wildman–Crippen MR) is 81.6 cm³/mol. The van der Waals surface area contributed by atoms with Gasteiger partial charge in [0.05, 0.1) is 16.6 Å². The van der Waals surface area contributed by atoms with Crippen LogP contribution in [0.4, 0.5) is 5.82 Å². The van der Waals surface area contributed by atoms with Crippen molar-refractivity contribution >= 4 is 45.7 Å². The third-order valence-electron chi connectivity index (χ3n) is 2.86. The van der Waals surface area contributed by atoms with Crippen LogP contribution in [0.25, 0.3) is 11.0 Å². The Balaban J connectivity index is 1.96. The molecule has 2 heterocycles. The molecule has 100 valence electrons. The summed E-state index contributed by atoms with van der Waals surface area (Å²) in [7, 11) is 0. The van der Waals surface area contributed by atoms with Gasteiger partial charge in [0.25, 0.3) is 5.91 Å². The third kappa shape index (κ3) is 2.37. The van der Waals surface area contributed by atoms with Crippen molar-refractivity contribution in [2.75, 3.05) is 5.32 Å². The summed E-state index contributed by atoms with van der Waals surface area (Å²) in [5, 5.41) is 6.61. The Bertz CT molecular complexity index is 800. The van der Waals surface area contributed by atoms with Crippen LogP contribution < -0.4 is 5.32 Å². The van der Waals surface area contributed by atoms with E-state index >= 15 is 0 Å². The molecule has 1 amide bonds. The molecule has 4 nitrogen and oxygen atoms in total. The largest absolute Gasteiger partial charge is 0.304 e. The van der Waals surface area contributed by atoms with Gasteiger partial charge in [-0.05, 0) is 30.0 Å². The van der Waals surface area contributed by atoms with E-state index in [-0.39, 0.29) is 16.9 Å². The highest BCUT2D eigenvalue weighted by molar-refractivity contribution is 7.08. The van der Waals surface area contributed by atoms with Gasteiger partial charge in [-0.1, -0.05) is 23.7 Å². The molecule has 0 aliphatic rings. The van der Waals surface area contributed by atoms with Crippen LogP contribution in [-0.4, -0.2) is 15.9 Å². The third-order valence-corrected chi connectivity index (χ3v) is 3.99. The van der Waals surface area contributed by atoms with Gasteiger partial charge in [0, 0.05) is 5.38 Å². The first-order valence-electron chi connectivity index (χ1n) is 5.91. The van der Waals surface area contributed by atoms with Crippen molar-refractivity contribution in [3.8, 4) is 0 Å². The Labute approximate surface area is 124 Å². The number of fused-ring (bicyclic) bond motifs is 1. The molecule has 0 fully saturated rings. The minimum atomic E-state index is -0.227. The van der Waals surface area contributed by atoms with Crippen molar-refractivity contribution in [1.29, 1.82) is 0 Å². The number of benzene rings is 1. The van der Waals surface area contributed by atoms with E-state index in [1.54, 1.807) is 5.38 Å². The lowest BCUT2D eigenvalue weighted by molar-refractivity contribution is 0.102. The number of hydrogen-bond acceptors (Lipinski definition) is 4. The minimum absolute atomic E-state index is 0.185. The molecule has 0 unspecified atom stereocenters. The van der Waals surface area contributed by atoms with E-state index in [2.05, 4.69) is 15.3 Å². The van der Waals surface area contributed by atoms with Crippen LogP contribution in [0, 0.1) is 6.92 Å². The van der Waals surface area contributed by atoms with Gasteiger partial charge in [-0.15, -0.1) is 0 Å². The van der Waals surface area contributed by atoms with E-state index < -0.39 is 0 Å². The van der Waals surface area contributed by atoms with Gasteiger partial charge in [-0.25, -0.2) is 9.97 Å². The topological polar surface area (TPSA) is 54.9 Å². The number of aryl methyl sites for hydroxylation is 1. The molecule has 2 aromatic heterocycles. The average molecular weight is 304 g/mol. The Morgan fingerprint density at radius 2 is 1.90 bits per heavy atom. The first-order chi connectivity index (χ1) is 9.65. The number of rotatable bonds is 2. The van der Waals surface area contributed by atoms with Crippen LogP contribution in [0.2, 0.25) is 5.15 Å². The summed E-state index contributed by atoms with van der Waals surface area (Å²) in [5.74, 6) is 0.0520. The van der Waals surface area contributed by atoms with Crippen molar-refractivity contribution in [2.24, 2.45) is 0 Å². The Hall–Kier alpha value is -1.98. The summed E-state index contributed by atoms with van der Waals surface area (Å²) in [6, 6.07) is 7.37. The number of anilines is 1. The summed E-state index contributed by atoms with van der Waals surface area (Å²) >= 11 is 7.54. The molecular weight excluding hydrogens is 294 g/mol. The van der Waals surface area contributed by atoms with Crippen molar-refractivity contribution in [2.45, 2.75) is 6.92 Å². The molecule has 0 saturated heterocycles. The SMILES string of the molecule is Cc1cscc1C(=O)Nc1nc2ccccc2nc1Cl. The second kappa shape index (κ2) is 5.19. The van der Waals surface area contributed by atoms with E-state index in [1.165, 1.54) is 11.3 Å². The van der Waals surface area contributed by atoms with Gasteiger partial charge in [0.15, 0.2) is 11.0 Å². The quantitative estimate of drug-likeness (QED) is 0.781. The zero-order valence-electron chi connectivity index (χ0n) is 10.6. The number of aromatic nitrogens is 2. The van der Waals surface area contributed by atoms with Crippen LogP contribution in [0.3, 0.4) is 0 Å². The molecule has 3 rings (SSSR count). The number of halogens is 1. The van der Waals surface area contributed by atoms with Gasteiger partial charge >= 0.3 is 0 Å². The maximum atomic E-state index is 12.2. The van der Waals surface area contributed by atoms with Gasteiger partial charge in [0.1, 0.15) is 0 Å². The highest BCUT2D eigenvalue weighted by Crippen LogP contribution is 2.22. The Morgan fingerprint density at radius 1 is 1.20 bits per heavy atom. The molecule has 0 aliphatic heterocycles. The predicted octanol–water partition coefficient (Wildman–Crippen LogP) is 3.91. The van der Waals surface area contributed by atoms with Crippen molar-refractivity contribution < 1.29 is 4.79 Å². The standard InChI is InChI=1S/C14H10ClN3OS/c1-8-6-20-7-9(8)14(19)18-13-12(15)16-10-4-2-3-5-11(10)17-13/h2-7H,1H3,(H,17,18,19). The smallest absolute Gasteiger partial charge is 0.258 e. The number of para-hydroxylation sites is 2. The van der Waals surface area contributed by atoms with E-state index in [9.17, 15) is 4.79 Å². The minimum Gasteiger partial charge on any atom is -0.304 e. The molecular formula is C14H10ClN3OS. The number of thiophene rings is 1. The van der Waals surface area contributed by atoms with Crippen LogP contribution in [0.5, 0.6) is 0 Å². The second-order valence-corrected chi connectivity index (χ2v) is 5.38. The number of amides is 1. The number of nitrogens with zero attached hydrogens (tertiary/aromatic N) is 2. The molecule has 0 atom stereocenters. The van der Waals surface area contributed by atoms with Crippen molar-refractivity contribution in [3.05, 3.63) is 51.3 Å². The summed E-state index contributed by atoms with van der Waals surface area (Å²) in [5.41, 5.74) is 2.94. The van der Waals surface area contributed by atoms with E-state index in [1.807, 2.05) is 36.6 Å². The van der Waals surface area contributed by atoms with Crippen LogP contribution >= 0.6 is 22.9 Å². The average Bonchev–Trinajstić information content (AvgIpc) is 2.86. The van der Waals surface area contributed by atoms with Crippen LogP contribution in [0.1, 0.15) is 15.9 Å². The zero-order chi connectivity index (χ0) is 14.1. The fraction of sp³-hybridized carbons (Fsp3) is 0.0714. The van der Waals surface area contributed by atoms with Gasteiger partial charge in [-0.3, -0.25) is 4.79 Å².